The number of hydrogen-bond acceptors (Lipinski definition) is 9. The number of rotatable bonds is 9. The van der Waals surface area contributed by atoms with E-state index in [0.717, 1.165) is 10.1 Å². The first-order chi connectivity index (χ1) is 19.9. The molecule has 2 fully saturated rings. The molecule has 0 unspecified atom stereocenters. The van der Waals surface area contributed by atoms with E-state index in [9.17, 15) is 14.4 Å². The molecule has 1 saturated heterocycles. The van der Waals surface area contributed by atoms with Gasteiger partial charge in [-0.05, 0) is 50.7 Å². The van der Waals surface area contributed by atoms with E-state index in [0.29, 0.717) is 77.6 Å². The van der Waals surface area contributed by atoms with Gasteiger partial charge in [0.1, 0.15) is 28.5 Å². The summed E-state index contributed by atoms with van der Waals surface area (Å²) in [5.74, 6) is 0.286. The Morgan fingerprint density at radius 1 is 1.24 bits per heavy atom. The lowest BCUT2D eigenvalue weighted by Crippen LogP contribution is -2.61. The summed E-state index contributed by atoms with van der Waals surface area (Å²) in [5.41, 5.74) is 4.74. The van der Waals surface area contributed by atoms with E-state index < -0.39 is 28.8 Å². The summed E-state index contributed by atoms with van der Waals surface area (Å²) in [6.07, 6.45) is 5.07. The number of ether oxygens (including phenoxy) is 3. The zero-order valence-electron chi connectivity index (χ0n) is 23.0. The van der Waals surface area contributed by atoms with Crippen LogP contribution < -0.4 is 21.7 Å². The van der Waals surface area contributed by atoms with Crippen molar-refractivity contribution in [1.29, 1.82) is 0 Å². The van der Waals surface area contributed by atoms with Gasteiger partial charge in [-0.15, -0.1) is 11.3 Å². The van der Waals surface area contributed by atoms with Crippen molar-refractivity contribution in [1.82, 2.24) is 14.1 Å². The minimum absolute atomic E-state index is 0.0765. The Morgan fingerprint density at radius 3 is 2.63 bits per heavy atom. The van der Waals surface area contributed by atoms with E-state index >= 15 is 0 Å². The molecule has 0 spiro atoms. The molecule has 41 heavy (non-hydrogen) atoms. The molecule has 2 N–H and O–H groups in total. The number of hydrogen-bond donors (Lipinski definition) is 1. The SMILES string of the molecule is COc1ccccc1[C@H](Cn1c(=O)n(C2(C(N)=O)CCC2)c(=O)c2c(C)c(-c3ncco3)sc21)OC1CCOCC1. The molecule has 6 rings (SSSR count). The van der Waals surface area contributed by atoms with E-state index in [2.05, 4.69) is 4.98 Å². The van der Waals surface area contributed by atoms with Gasteiger partial charge in [-0.1, -0.05) is 18.2 Å². The highest BCUT2D eigenvalue weighted by molar-refractivity contribution is 7.22. The smallest absolute Gasteiger partial charge is 0.333 e. The van der Waals surface area contributed by atoms with Crippen molar-refractivity contribution in [2.75, 3.05) is 20.3 Å². The average molecular weight is 581 g/mol. The van der Waals surface area contributed by atoms with Gasteiger partial charge in [0.2, 0.25) is 11.8 Å². The fourth-order valence-electron chi connectivity index (χ4n) is 5.87. The Bertz CT molecular complexity index is 1690. The molecule has 1 aliphatic heterocycles. The maximum atomic E-state index is 14.3. The molecule has 216 valence electrons. The third kappa shape index (κ3) is 4.59. The van der Waals surface area contributed by atoms with Crippen LogP contribution in [0.5, 0.6) is 5.75 Å². The number of fused-ring (bicyclic) bond motifs is 1. The molecule has 0 bridgehead atoms. The van der Waals surface area contributed by atoms with Gasteiger partial charge in [-0.2, -0.15) is 0 Å². The zero-order valence-corrected chi connectivity index (χ0v) is 23.8. The van der Waals surface area contributed by atoms with E-state index in [4.69, 9.17) is 24.4 Å². The van der Waals surface area contributed by atoms with E-state index in [1.54, 1.807) is 18.6 Å². The van der Waals surface area contributed by atoms with Gasteiger partial charge in [0.25, 0.3) is 5.56 Å². The molecule has 12 heteroatoms. The standard InChI is InChI=1S/C29H32N4O7S/c1-17-22-25(34)33(29(27(30)35)10-5-11-29)28(36)32(26(22)41-23(17)24-31-12-15-39-24)16-21(40-18-8-13-38-14-9-18)19-6-3-4-7-20(19)37-2/h3-4,6-7,12,15,18,21H,5,8-11,13-14,16H2,1-2H3,(H2,30,35)/t21-/m0/s1. The highest BCUT2D eigenvalue weighted by Crippen LogP contribution is 2.40. The van der Waals surface area contributed by atoms with Crippen LogP contribution in [0.4, 0.5) is 0 Å². The number of carbonyl (C=O) groups is 1. The summed E-state index contributed by atoms with van der Waals surface area (Å²) in [7, 11) is 1.59. The maximum absolute atomic E-state index is 14.3. The fourth-order valence-corrected chi connectivity index (χ4v) is 7.12. The summed E-state index contributed by atoms with van der Waals surface area (Å²) >= 11 is 1.25. The quantitative estimate of drug-likeness (QED) is 0.317. The van der Waals surface area contributed by atoms with Gasteiger partial charge < -0.3 is 24.4 Å². The minimum atomic E-state index is -1.37. The fraction of sp³-hybridized carbons (Fsp3) is 0.448. The van der Waals surface area contributed by atoms with Gasteiger partial charge in [0.05, 0.1) is 36.2 Å². The number of nitrogens with zero attached hydrogens (tertiary/aromatic N) is 3. The van der Waals surface area contributed by atoms with Gasteiger partial charge in [0, 0.05) is 18.8 Å². The summed E-state index contributed by atoms with van der Waals surface area (Å²) in [4.78, 5) is 46.5. The number of aryl methyl sites for hydroxylation is 1. The topological polar surface area (TPSA) is 141 Å². The molecule has 1 aliphatic carbocycles. The van der Waals surface area contributed by atoms with Crippen molar-refractivity contribution < 1.29 is 23.4 Å². The van der Waals surface area contributed by atoms with Crippen LogP contribution in [-0.4, -0.2) is 46.5 Å². The van der Waals surface area contributed by atoms with Crippen molar-refractivity contribution >= 4 is 27.5 Å². The van der Waals surface area contributed by atoms with Crippen molar-refractivity contribution in [2.45, 2.75) is 63.3 Å². The summed E-state index contributed by atoms with van der Waals surface area (Å²) in [5, 5.41) is 0.333. The number of oxazole rings is 1. The molecule has 3 aromatic heterocycles. The first-order valence-corrected chi connectivity index (χ1v) is 14.5. The van der Waals surface area contributed by atoms with Crippen LogP contribution in [0.2, 0.25) is 0 Å². The van der Waals surface area contributed by atoms with E-state index in [1.165, 1.54) is 23.8 Å². The Labute approximate surface area is 239 Å². The van der Waals surface area contributed by atoms with Gasteiger partial charge in [-0.25, -0.2) is 14.3 Å². The number of para-hydroxylation sites is 1. The monoisotopic (exact) mass is 580 g/mol. The number of thiophene rings is 1. The lowest BCUT2D eigenvalue weighted by Gasteiger charge is -2.40. The Morgan fingerprint density at radius 2 is 2.00 bits per heavy atom. The van der Waals surface area contributed by atoms with Crippen LogP contribution in [-0.2, 0) is 26.4 Å². The number of nitrogens with two attached hydrogens (primary N) is 1. The van der Waals surface area contributed by atoms with Crippen molar-refractivity contribution in [2.24, 2.45) is 5.73 Å². The van der Waals surface area contributed by atoms with Crippen molar-refractivity contribution in [3.63, 3.8) is 0 Å². The van der Waals surface area contributed by atoms with Gasteiger partial charge in [0.15, 0.2) is 0 Å². The number of methoxy groups -OCH3 is 1. The van der Waals surface area contributed by atoms with Gasteiger partial charge in [-0.3, -0.25) is 14.2 Å². The Balaban J connectivity index is 1.58. The molecule has 2 aliphatic rings. The predicted molar refractivity (Wildman–Crippen MR) is 152 cm³/mol. The average Bonchev–Trinajstić information content (AvgIpc) is 3.60. The third-order valence-electron chi connectivity index (χ3n) is 8.27. The van der Waals surface area contributed by atoms with Crippen LogP contribution in [0.1, 0.15) is 49.3 Å². The molecule has 1 atom stereocenters. The third-order valence-corrected chi connectivity index (χ3v) is 9.57. The van der Waals surface area contributed by atoms with Crippen LogP contribution in [0.25, 0.3) is 21.0 Å². The second-order valence-electron chi connectivity index (χ2n) is 10.5. The molecular formula is C29H32N4O7S. The van der Waals surface area contributed by atoms with Gasteiger partial charge >= 0.3 is 5.69 Å². The first kappa shape index (κ1) is 27.4. The maximum Gasteiger partial charge on any atom is 0.333 e. The largest absolute Gasteiger partial charge is 0.496 e. The van der Waals surface area contributed by atoms with Crippen LogP contribution in [0.15, 0.2) is 50.7 Å². The summed E-state index contributed by atoms with van der Waals surface area (Å²) < 4.78 is 26.0. The molecule has 4 aromatic rings. The van der Waals surface area contributed by atoms with E-state index in [-0.39, 0.29) is 12.6 Å². The summed E-state index contributed by atoms with van der Waals surface area (Å²) in [6, 6.07) is 7.53. The summed E-state index contributed by atoms with van der Waals surface area (Å²) in [6.45, 7) is 3.05. The first-order valence-electron chi connectivity index (χ1n) is 13.7. The zero-order chi connectivity index (χ0) is 28.7. The molecule has 1 saturated carbocycles. The molecule has 1 aromatic carbocycles. The number of benzene rings is 1. The second-order valence-corrected chi connectivity index (χ2v) is 11.5. The molecule has 1 amide bonds. The second kappa shape index (κ2) is 10.9. The van der Waals surface area contributed by atoms with Crippen molar-refractivity contribution in [3.8, 4) is 16.5 Å². The lowest BCUT2D eigenvalue weighted by atomic mass is 9.75. The Hall–Kier alpha value is -3.74. The highest BCUT2D eigenvalue weighted by atomic mass is 32.1. The van der Waals surface area contributed by atoms with Crippen molar-refractivity contribution in [3.05, 3.63) is 68.7 Å². The highest BCUT2D eigenvalue weighted by Gasteiger charge is 2.47. The number of amides is 1. The predicted octanol–water partition coefficient (Wildman–Crippen LogP) is 3.50. The van der Waals surface area contributed by atoms with E-state index in [1.807, 2.05) is 24.3 Å². The number of aromatic nitrogens is 3. The molecule has 0 radical (unpaired) electrons. The van der Waals surface area contributed by atoms with Crippen LogP contribution >= 0.6 is 11.3 Å². The number of primary amides is 1. The van der Waals surface area contributed by atoms with Crippen LogP contribution in [0.3, 0.4) is 0 Å². The molecule has 11 nitrogen and oxygen atoms in total. The minimum Gasteiger partial charge on any atom is -0.496 e. The molecular weight excluding hydrogens is 548 g/mol. The van der Waals surface area contributed by atoms with Crippen LogP contribution in [0, 0.1) is 6.92 Å². The normalized spacial score (nSPS) is 17.8. The number of carbonyl (C=O) groups excluding carboxylic acids is 1. The molecule has 4 heterocycles. The Kier molecular flexibility index (Phi) is 7.30. The lowest BCUT2D eigenvalue weighted by molar-refractivity contribution is -0.131.